The molecule has 1 aromatic carbocycles. The molecule has 5 rings (SSSR count). The third-order valence-electron chi connectivity index (χ3n) is 6.07. The van der Waals surface area contributed by atoms with Crippen LogP contribution in [0.3, 0.4) is 0 Å². The monoisotopic (exact) mass is 405 g/mol. The third kappa shape index (κ3) is 2.90. The highest BCUT2D eigenvalue weighted by Gasteiger charge is 2.59. The minimum absolute atomic E-state index is 0.0865. The van der Waals surface area contributed by atoms with Gasteiger partial charge in [0.15, 0.2) is 0 Å². The second-order valence-corrected chi connectivity index (χ2v) is 7.80. The van der Waals surface area contributed by atoms with E-state index in [1.807, 2.05) is 42.5 Å². The summed E-state index contributed by atoms with van der Waals surface area (Å²) in [5.74, 6) is -2.36. The van der Waals surface area contributed by atoms with Crippen molar-refractivity contribution in [1.82, 2.24) is 25.9 Å². The molecular weight excluding hydrogens is 386 g/mol. The van der Waals surface area contributed by atoms with Gasteiger partial charge in [0.05, 0.1) is 17.5 Å². The number of hydrazine groups is 1. The molecule has 4 amide bonds. The summed E-state index contributed by atoms with van der Waals surface area (Å²) >= 11 is 0. The van der Waals surface area contributed by atoms with Gasteiger partial charge in [0.25, 0.3) is 11.8 Å². The smallest absolute Gasteiger partial charge is 0.274 e. The van der Waals surface area contributed by atoms with Crippen LogP contribution in [0.2, 0.25) is 0 Å². The van der Waals surface area contributed by atoms with Gasteiger partial charge in [-0.05, 0) is 24.3 Å². The van der Waals surface area contributed by atoms with Crippen molar-refractivity contribution < 1.29 is 19.2 Å². The summed E-state index contributed by atoms with van der Waals surface area (Å²) in [5, 5.41) is 6.71. The first-order chi connectivity index (χ1) is 14.5. The molecule has 2 aliphatic carbocycles. The molecule has 1 aliphatic heterocycles. The molecule has 9 heteroatoms. The Labute approximate surface area is 171 Å². The molecule has 2 fully saturated rings. The zero-order valence-corrected chi connectivity index (χ0v) is 15.9. The van der Waals surface area contributed by atoms with Crippen LogP contribution in [-0.2, 0) is 14.4 Å². The molecule has 0 unspecified atom stereocenters. The molecular formula is C21H19N5O4. The van der Waals surface area contributed by atoms with Gasteiger partial charge in [-0.25, -0.2) is 0 Å². The number of carbonyl (C=O) groups is 4. The lowest BCUT2D eigenvalue weighted by molar-refractivity contribution is -0.144. The molecule has 2 bridgehead atoms. The Hall–Kier alpha value is -3.75. The molecule has 9 nitrogen and oxygen atoms in total. The largest absolute Gasteiger partial charge is 0.287 e. The van der Waals surface area contributed by atoms with E-state index in [0.29, 0.717) is 5.69 Å². The van der Waals surface area contributed by atoms with E-state index >= 15 is 0 Å². The molecule has 3 N–H and O–H groups in total. The number of imide groups is 1. The summed E-state index contributed by atoms with van der Waals surface area (Å²) < 4.78 is 0. The van der Waals surface area contributed by atoms with Crippen molar-refractivity contribution in [2.75, 3.05) is 6.54 Å². The van der Waals surface area contributed by atoms with E-state index in [2.05, 4.69) is 21.0 Å². The number of hydrogen-bond donors (Lipinski definition) is 3. The van der Waals surface area contributed by atoms with E-state index in [4.69, 9.17) is 0 Å². The first-order valence-electron chi connectivity index (χ1n) is 9.76. The van der Waals surface area contributed by atoms with Crippen molar-refractivity contribution in [2.24, 2.45) is 23.7 Å². The van der Waals surface area contributed by atoms with Crippen LogP contribution in [0.4, 0.5) is 0 Å². The normalized spacial score (nSPS) is 26.2. The standard InChI is InChI=1S/C21H19N5O4/c27-16(10-26-20(29)17-12-6-7-13(8-12)18(17)21(26)30)24-25-19(28)15-9-14(22-23-15)11-4-2-1-3-5-11/h1-7,9,12-13,17-18H,8,10H2,(H,22,23)(H,24,27)(H,25,28)/t12-,13-,17+,18+/m0/s1. The van der Waals surface area contributed by atoms with Crippen LogP contribution >= 0.6 is 0 Å². The van der Waals surface area contributed by atoms with Crippen LogP contribution in [0.15, 0.2) is 48.6 Å². The topological polar surface area (TPSA) is 124 Å². The van der Waals surface area contributed by atoms with E-state index in [1.165, 1.54) is 0 Å². The Balaban J connectivity index is 1.17. The predicted molar refractivity (Wildman–Crippen MR) is 104 cm³/mol. The van der Waals surface area contributed by atoms with E-state index in [-0.39, 0.29) is 41.2 Å². The minimum atomic E-state index is -0.645. The number of likely N-dealkylation sites (tertiary alicyclic amines) is 1. The number of fused-ring (bicyclic) bond motifs is 5. The molecule has 4 atom stereocenters. The summed E-state index contributed by atoms with van der Waals surface area (Å²) in [7, 11) is 0. The maximum atomic E-state index is 12.6. The minimum Gasteiger partial charge on any atom is -0.274 e. The number of rotatable bonds is 4. The van der Waals surface area contributed by atoms with Gasteiger partial charge in [-0.15, -0.1) is 0 Å². The maximum absolute atomic E-state index is 12.6. The highest BCUT2D eigenvalue weighted by atomic mass is 16.2. The van der Waals surface area contributed by atoms with Crippen molar-refractivity contribution in [3.63, 3.8) is 0 Å². The Kier molecular flexibility index (Phi) is 4.23. The highest BCUT2D eigenvalue weighted by Crippen LogP contribution is 2.52. The molecule has 3 aliphatic rings. The van der Waals surface area contributed by atoms with Crippen LogP contribution in [-0.4, -0.2) is 45.3 Å². The molecule has 1 saturated carbocycles. The number of benzene rings is 1. The van der Waals surface area contributed by atoms with Gasteiger partial charge in [0.1, 0.15) is 12.2 Å². The Morgan fingerprint density at radius 2 is 1.70 bits per heavy atom. The number of nitrogens with zero attached hydrogens (tertiary/aromatic N) is 2. The lowest BCUT2D eigenvalue weighted by Gasteiger charge is -2.16. The Morgan fingerprint density at radius 1 is 1.03 bits per heavy atom. The van der Waals surface area contributed by atoms with Gasteiger partial charge < -0.3 is 0 Å². The molecule has 0 spiro atoms. The molecule has 2 heterocycles. The van der Waals surface area contributed by atoms with E-state index in [0.717, 1.165) is 16.9 Å². The first kappa shape index (κ1) is 18.3. The fourth-order valence-corrected chi connectivity index (χ4v) is 4.69. The second-order valence-electron chi connectivity index (χ2n) is 7.80. The van der Waals surface area contributed by atoms with Crippen molar-refractivity contribution in [1.29, 1.82) is 0 Å². The number of amides is 4. The molecule has 2 aromatic rings. The number of carbonyl (C=O) groups excluding carboxylic acids is 4. The van der Waals surface area contributed by atoms with Crippen LogP contribution in [0, 0.1) is 23.7 Å². The Morgan fingerprint density at radius 3 is 2.37 bits per heavy atom. The average molecular weight is 405 g/mol. The Bertz CT molecular complexity index is 1050. The number of nitrogens with one attached hydrogen (secondary N) is 3. The summed E-state index contributed by atoms with van der Waals surface area (Å²) in [5.41, 5.74) is 6.13. The summed E-state index contributed by atoms with van der Waals surface area (Å²) in [4.78, 5) is 50.7. The van der Waals surface area contributed by atoms with E-state index in [9.17, 15) is 19.2 Å². The van der Waals surface area contributed by atoms with Gasteiger partial charge in [0.2, 0.25) is 11.8 Å². The second kappa shape index (κ2) is 6.94. The van der Waals surface area contributed by atoms with Crippen LogP contribution in [0.1, 0.15) is 16.9 Å². The molecule has 152 valence electrons. The SMILES string of the molecule is O=C(CN1C(=O)[C@H]2[C@H](C1=O)[C@H]1C=C[C@H]2C1)NNC(=O)c1cc(-c2ccccc2)n[nH]1. The zero-order valence-electron chi connectivity index (χ0n) is 15.9. The third-order valence-corrected chi connectivity index (χ3v) is 6.07. The van der Waals surface area contributed by atoms with Crippen molar-refractivity contribution in [3.05, 3.63) is 54.2 Å². The predicted octanol–water partition coefficient (Wildman–Crippen LogP) is 0.645. The first-order valence-corrected chi connectivity index (χ1v) is 9.76. The van der Waals surface area contributed by atoms with Crippen molar-refractivity contribution >= 4 is 23.6 Å². The average Bonchev–Trinajstić information content (AvgIpc) is 3.54. The van der Waals surface area contributed by atoms with Crippen LogP contribution in [0.25, 0.3) is 11.3 Å². The molecule has 30 heavy (non-hydrogen) atoms. The van der Waals surface area contributed by atoms with Crippen LogP contribution < -0.4 is 10.9 Å². The van der Waals surface area contributed by atoms with E-state index < -0.39 is 18.4 Å². The summed E-state index contributed by atoms with van der Waals surface area (Å²) in [6, 6.07) is 10.9. The van der Waals surface area contributed by atoms with Crippen LogP contribution in [0.5, 0.6) is 0 Å². The summed E-state index contributed by atoms with van der Waals surface area (Å²) in [6.07, 6.45) is 4.82. The fourth-order valence-electron chi connectivity index (χ4n) is 4.69. The summed E-state index contributed by atoms with van der Waals surface area (Å²) in [6.45, 7) is -0.414. The lowest BCUT2D eigenvalue weighted by atomic mass is 9.85. The fraction of sp³-hybridized carbons (Fsp3) is 0.286. The van der Waals surface area contributed by atoms with Crippen molar-refractivity contribution in [3.8, 4) is 11.3 Å². The van der Waals surface area contributed by atoms with Gasteiger partial charge in [0, 0.05) is 5.56 Å². The maximum Gasteiger partial charge on any atom is 0.287 e. The van der Waals surface area contributed by atoms with E-state index in [1.54, 1.807) is 6.07 Å². The quantitative estimate of drug-likeness (QED) is 0.391. The van der Waals surface area contributed by atoms with Crippen molar-refractivity contribution in [2.45, 2.75) is 6.42 Å². The van der Waals surface area contributed by atoms with Gasteiger partial charge in [-0.1, -0.05) is 42.5 Å². The number of H-pyrrole nitrogens is 1. The van der Waals surface area contributed by atoms with Gasteiger partial charge >= 0.3 is 0 Å². The number of hydrogen-bond acceptors (Lipinski definition) is 5. The van der Waals surface area contributed by atoms with Gasteiger partial charge in [-0.2, -0.15) is 5.10 Å². The highest BCUT2D eigenvalue weighted by molar-refractivity contribution is 6.08. The number of allylic oxidation sites excluding steroid dienone is 2. The lowest BCUT2D eigenvalue weighted by Crippen LogP contribution is -2.48. The number of aromatic amines is 1. The zero-order chi connectivity index (χ0) is 20.8. The van der Waals surface area contributed by atoms with Gasteiger partial charge in [-0.3, -0.25) is 40.0 Å². The number of aromatic nitrogens is 2. The molecule has 1 aromatic heterocycles. The molecule has 0 radical (unpaired) electrons. The molecule has 1 saturated heterocycles.